The number of hydrogen-bond acceptors (Lipinski definition) is 3. The van der Waals surface area contributed by atoms with Gasteiger partial charge in [-0.05, 0) is 44.5 Å². The Morgan fingerprint density at radius 1 is 0.897 bits per heavy atom. The zero-order chi connectivity index (χ0) is 20.4. The molecule has 0 unspecified atom stereocenters. The Hall–Kier alpha value is -3.28. The van der Waals surface area contributed by atoms with Crippen molar-refractivity contribution in [1.29, 1.82) is 0 Å². The molecule has 4 rings (SSSR count). The summed E-state index contributed by atoms with van der Waals surface area (Å²) in [5.74, 6) is 0. The summed E-state index contributed by atoms with van der Waals surface area (Å²) in [4.78, 5) is 16.9. The molecule has 0 spiro atoms. The minimum absolute atomic E-state index is 0.0348. The van der Waals surface area contributed by atoms with Gasteiger partial charge in [0.25, 0.3) is 0 Å². The zero-order valence-corrected chi connectivity index (χ0v) is 17.2. The van der Waals surface area contributed by atoms with Gasteiger partial charge in [-0.25, -0.2) is 9.48 Å². The molecule has 6 heteroatoms. The summed E-state index contributed by atoms with van der Waals surface area (Å²) in [5, 5.41) is 7.79. The molecule has 1 N–H and O–H groups in total. The fourth-order valence-electron chi connectivity index (χ4n) is 3.95. The summed E-state index contributed by atoms with van der Waals surface area (Å²) < 4.78 is 2.00. The number of amides is 2. The van der Waals surface area contributed by atoms with Gasteiger partial charge in [-0.3, -0.25) is 0 Å². The van der Waals surface area contributed by atoms with Crippen LogP contribution in [-0.2, 0) is 0 Å². The van der Waals surface area contributed by atoms with Gasteiger partial charge in [-0.1, -0.05) is 36.4 Å². The van der Waals surface area contributed by atoms with Crippen molar-refractivity contribution in [3.05, 3.63) is 71.5 Å². The van der Waals surface area contributed by atoms with Crippen molar-refractivity contribution in [2.24, 2.45) is 0 Å². The van der Waals surface area contributed by atoms with Gasteiger partial charge >= 0.3 is 6.03 Å². The molecule has 1 saturated heterocycles. The van der Waals surface area contributed by atoms with Crippen LogP contribution in [0, 0.1) is 20.8 Å². The normalized spacial score (nSPS) is 14.2. The van der Waals surface area contributed by atoms with Crippen LogP contribution in [0.4, 0.5) is 16.2 Å². The van der Waals surface area contributed by atoms with Crippen molar-refractivity contribution < 1.29 is 4.79 Å². The van der Waals surface area contributed by atoms with Gasteiger partial charge in [0, 0.05) is 31.9 Å². The molecule has 29 heavy (non-hydrogen) atoms. The molecule has 2 heterocycles. The van der Waals surface area contributed by atoms with Gasteiger partial charge < -0.3 is 15.1 Å². The van der Waals surface area contributed by atoms with Crippen molar-refractivity contribution >= 4 is 17.4 Å². The summed E-state index contributed by atoms with van der Waals surface area (Å²) in [7, 11) is 0. The summed E-state index contributed by atoms with van der Waals surface area (Å²) in [6.07, 6.45) is 0. The average molecular weight is 390 g/mol. The van der Waals surface area contributed by atoms with E-state index in [1.807, 2.05) is 59.0 Å². The minimum atomic E-state index is -0.0348. The van der Waals surface area contributed by atoms with E-state index in [2.05, 4.69) is 36.2 Å². The first-order valence-corrected chi connectivity index (χ1v) is 10.0. The number of nitrogens with one attached hydrogen (secondary N) is 1. The Kier molecular flexibility index (Phi) is 5.25. The number of urea groups is 1. The summed E-state index contributed by atoms with van der Waals surface area (Å²) >= 11 is 0. The number of piperazine rings is 1. The molecule has 0 atom stereocenters. The van der Waals surface area contributed by atoms with Crippen LogP contribution in [0.1, 0.15) is 17.0 Å². The Bertz CT molecular complexity index is 1000. The van der Waals surface area contributed by atoms with Gasteiger partial charge in [0.15, 0.2) is 0 Å². The SMILES string of the molecule is Cc1ccccc1NC(=O)N1CCN(c2c(C)nn(-c3ccccc3)c2C)CC1. The van der Waals surface area contributed by atoms with Gasteiger partial charge in [0.2, 0.25) is 0 Å². The fraction of sp³-hybridized carbons (Fsp3) is 0.304. The van der Waals surface area contributed by atoms with Crippen LogP contribution < -0.4 is 10.2 Å². The number of carbonyl (C=O) groups is 1. The van der Waals surface area contributed by atoms with Crippen molar-refractivity contribution in [3.8, 4) is 5.69 Å². The average Bonchev–Trinajstić information content (AvgIpc) is 3.04. The van der Waals surface area contributed by atoms with Crippen LogP contribution in [0.3, 0.4) is 0 Å². The lowest BCUT2D eigenvalue weighted by molar-refractivity contribution is 0.208. The summed E-state index contributed by atoms with van der Waals surface area (Å²) in [6.45, 7) is 9.13. The highest BCUT2D eigenvalue weighted by molar-refractivity contribution is 5.90. The quantitative estimate of drug-likeness (QED) is 0.732. The maximum Gasteiger partial charge on any atom is 0.321 e. The Labute approximate surface area is 171 Å². The van der Waals surface area contributed by atoms with Crippen LogP contribution in [0.15, 0.2) is 54.6 Å². The summed E-state index contributed by atoms with van der Waals surface area (Å²) in [5.41, 5.74) is 6.33. The maximum absolute atomic E-state index is 12.7. The molecule has 1 aromatic heterocycles. The van der Waals surface area contributed by atoms with Crippen LogP contribution in [0.2, 0.25) is 0 Å². The van der Waals surface area contributed by atoms with E-state index in [1.165, 1.54) is 5.69 Å². The number of rotatable bonds is 3. The highest BCUT2D eigenvalue weighted by Crippen LogP contribution is 2.28. The molecular formula is C23H27N5O. The smallest absolute Gasteiger partial charge is 0.321 e. The van der Waals surface area contributed by atoms with Crippen LogP contribution in [0.5, 0.6) is 0 Å². The molecule has 2 aromatic carbocycles. The third-order valence-corrected chi connectivity index (χ3v) is 5.52. The Morgan fingerprint density at radius 3 is 2.24 bits per heavy atom. The van der Waals surface area contributed by atoms with Gasteiger partial charge in [-0.15, -0.1) is 0 Å². The first kappa shape index (κ1) is 19.1. The van der Waals surface area contributed by atoms with E-state index in [0.29, 0.717) is 13.1 Å². The van der Waals surface area contributed by atoms with Gasteiger partial charge in [0.05, 0.1) is 22.8 Å². The third-order valence-electron chi connectivity index (χ3n) is 5.52. The van der Waals surface area contributed by atoms with Crippen molar-refractivity contribution in [1.82, 2.24) is 14.7 Å². The number of anilines is 2. The largest absolute Gasteiger partial charge is 0.365 e. The highest BCUT2D eigenvalue weighted by Gasteiger charge is 2.25. The first-order valence-electron chi connectivity index (χ1n) is 10.0. The maximum atomic E-state index is 12.7. The van der Waals surface area contributed by atoms with Crippen LogP contribution in [-0.4, -0.2) is 46.9 Å². The van der Waals surface area contributed by atoms with Crippen molar-refractivity contribution in [3.63, 3.8) is 0 Å². The molecular weight excluding hydrogens is 362 g/mol. The predicted octanol–water partition coefficient (Wildman–Crippen LogP) is 4.15. The van der Waals surface area contributed by atoms with E-state index >= 15 is 0 Å². The number of nitrogens with zero attached hydrogens (tertiary/aromatic N) is 4. The second-order valence-electron chi connectivity index (χ2n) is 7.49. The molecule has 0 radical (unpaired) electrons. The topological polar surface area (TPSA) is 53.4 Å². The first-order chi connectivity index (χ1) is 14.0. The van der Waals surface area contributed by atoms with Crippen molar-refractivity contribution in [2.75, 3.05) is 36.4 Å². The molecule has 6 nitrogen and oxygen atoms in total. The minimum Gasteiger partial charge on any atom is -0.365 e. The molecule has 150 valence electrons. The van der Waals surface area contributed by atoms with E-state index in [1.54, 1.807) is 0 Å². The number of carbonyl (C=O) groups excluding carboxylic acids is 1. The number of hydrogen-bond donors (Lipinski definition) is 1. The lowest BCUT2D eigenvalue weighted by Gasteiger charge is -2.36. The van der Waals surface area contributed by atoms with E-state index in [0.717, 1.165) is 41.4 Å². The highest BCUT2D eigenvalue weighted by atomic mass is 16.2. The molecule has 1 aliphatic rings. The Morgan fingerprint density at radius 2 is 1.55 bits per heavy atom. The Balaban J connectivity index is 1.44. The molecule has 2 amide bonds. The predicted molar refractivity (Wildman–Crippen MR) is 117 cm³/mol. The fourth-order valence-corrected chi connectivity index (χ4v) is 3.95. The van der Waals surface area contributed by atoms with E-state index in [9.17, 15) is 4.79 Å². The van der Waals surface area contributed by atoms with E-state index in [-0.39, 0.29) is 6.03 Å². The third kappa shape index (κ3) is 3.83. The number of aryl methyl sites for hydroxylation is 2. The molecule has 1 fully saturated rings. The number of aromatic nitrogens is 2. The van der Waals surface area contributed by atoms with Crippen LogP contribution >= 0.6 is 0 Å². The second kappa shape index (κ2) is 7.99. The van der Waals surface area contributed by atoms with E-state index in [4.69, 9.17) is 5.10 Å². The number of para-hydroxylation sites is 2. The van der Waals surface area contributed by atoms with Crippen LogP contribution in [0.25, 0.3) is 5.69 Å². The van der Waals surface area contributed by atoms with E-state index < -0.39 is 0 Å². The molecule has 0 saturated carbocycles. The van der Waals surface area contributed by atoms with Gasteiger partial charge in [-0.2, -0.15) is 5.10 Å². The zero-order valence-electron chi connectivity index (χ0n) is 17.2. The molecule has 0 aliphatic carbocycles. The molecule has 1 aliphatic heterocycles. The standard InChI is InChI=1S/C23H27N5O/c1-17-9-7-8-12-21(17)24-23(29)27-15-13-26(14-16-27)22-18(2)25-28(19(22)3)20-10-5-4-6-11-20/h4-12H,13-16H2,1-3H3,(H,24,29). The molecule has 3 aromatic rings. The summed E-state index contributed by atoms with van der Waals surface area (Å²) in [6, 6.07) is 18.0. The second-order valence-corrected chi connectivity index (χ2v) is 7.49. The van der Waals surface area contributed by atoms with Crippen molar-refractivity contribution in [2.45, 2.75) is 20.8 Å². The number of benzene rings is 2. The monoisotopic (exact) mass is 389 g/mol. The molecule has 0 bridgehead atoms. The lowest BCUT2D eigenvalue weighted by atomic mass is 10.2. The lowest BCUT2D eigenvalue weighted by Crippen LogP contribution is -2.50. The van der Waals surface area contributed by atoms with Gasteiger partial charge in [0.1, 0.15) is 0 Å².